The number of aromatic nitrogens is 2. The Labute approximate surface area is 75.6 Å². The molecule has 0 aliphatic carbocycles. The van der Waals surface area contributed by atoms with Crippen molar-refractivity contribution in [2.75, 3.05) is 11.5 Å². The largest absolute Gasteiger partial charge is 0.397 e. The zero-order valence-corrected chi connectivity index (χ0v) is 7.28. The summed E-state index contributed by atoms with van der Waals surface area (Å²) in [4.78, 5) is 8.45. The molecule has 0 atom stereocenters. The average molecular weight is 174 g/mol. The number of anilines is 2. The Kier molecular flexibility index (Phi) is 1.55. The van der Waals surface area contributed by atoms with Crippen LogP contribution < -0.4 is 11.5 Å². The molecule has 66 valence electrons. The maximum atomic E-state index is 5.76. The van der Waals surface area contributed by atoms with Crippen molar-refractivity contribution in [1.29, 1.82) is 0 Å². The summed E-state index contributed by atoms with van der Waals surface area (Å²) >= 11 is 0. The third-order valence-corrected chi connectivity index (χ3v) is 1.91. The minimum absolute atomic E-state index is 0.508. The van der Waals surface area contributed by atoms with Crippen LogP contribution in [0.15, 0.2) is 18.3 Å². The molecule has 0 fully saturated rings. The van der Waals surface area contributed by atoms with Gasteiger partial charge in [0.1, 0.15) is 5.52 Å². The molecule has 1 aromatic heterocycles. The first kappa shape index (κ1) is 7.79. The fourth-order valence-corrected chi connectivity index (χ4v) is 1.20. The van der Waals surface area contributed by atoms with Gasteiger partial charge in [0.05, 0.1) is 22.6 Å². The van der Waals surface area contributed by atoms with Gasteiger partial charge in [-0.3, -0.25) is 4.98 Å². The van der Waals surface area contributed by atoms with Crippen molar-refractivity contribution in [1.82, 2.24) is 9.97 Å². The van der Waals surface area contributed by atoms with Gasteiger partial charge in [0, 0.05) is 6.20 Å². The molecule has 2 aromatic rings. The summed E-state index contributed by atoms with van der Waals surface area (Å²) in [6.07, 6.45) is 1.71. The SMILES string of the molecule is Cc1cnc2ccc(N)c(N)c2n1. The van der Waals surface area contributed by atoms with E-state index in [-0.39, 0.29) is 0 Å². The molecule has 0 radical (unpaired) electrons. The minimum atomic E-state index is 0.508. The molecule has 0 saturated heterocycles. The van der Waals surface area contributed by atoms with E-state index in [4.69, 9.17) is 11.5 Å². The molecule has 1 heterocycles. The highest BCUT2D eigenvalue weighted by atomic mass is 14.8. The van der Waals surface area contributed by atoms with Gasteiger partial charge in [0.2, 0.25) is 0 Å². The standard InChI is InChI=1S/C9H10N4/c1-5-4-12-7-3-2-6(10)8(11)9(7)13-5/h2-4H,10-11H2,1H3. The quantitative estimate of drug-likeness (QED) is 0.586. The molecule has 4 nitrogen and oxygen atoms in total. The smallest absolute Gasteiger partial charge is 0.114 e. The van der Waals surface area contributed by atoms with Gasteiger partial charge in [-0.1, -0.05) is 0 Å². The Hall–Kier alpha value is -1.84. The summed E-state index contributed by atoms with van der Waals surface area (Å²) in [7, 11) is 0. The third-order valence-electron chi connectivity index (χ3n) is 1.91. The molecule has 0 unspecified atom stereocenters. The zero-order valence-electron chi connectivity index (χ0n) is 7.28. The lowest BCUT2D eigenvalue weighted by atomic mass is 10.2. The van der Waals surface area contributed by atoms with E-state index in [2.05, 4.69) is 9.97 Å². The van der Waals surface area contributed by atoms with E-state index < -0.39 is 0 Å². The van der Waals surface area contributed by atoms with E-state index in [9.17, 15) is 0 Å². The van der Waals surface area contributed by atoms with Crippen molar-refractivity contribution in [2.24, 2.45) is 0 Å². The highest BCUT2D eigenvalue weighted by Crippen LogP contribution is 2.23. The molecule has 1 aromatic carbocycles. The maximum Gasteiger partial charge on any atom is 0.114 e. The van der Waals surface area contributed by atoms with Gasteiger partial charge < -0.3 is 11.5 Å². The molecule has 4 N–H and O–H groups in total. The monoisotopic (exact) mass is 174 g/mol. The van der Waals surface area contributed by atoms with E-state index in [1.54, 1.807) is 12.3 Å². The summed E-state index contributed by atoms with van der Waals surface area (Å²) in [5.41, 5.74) is 14.8. The van der Waals surface area contributed by atoms with Gasteiger partial charge in [-0.05, 0) is 19.1 Å². The average Bonchev–Trinajstić information content (AvgIpc) is 2.12. The second-order valence-corrected chi connectivity index (χ2v) is 2.95. The highest BCUT2D eigenvalue weighted by Gasteiger charge is 2.03. The van der Waals surface area contributed by atoms with Crippen molar-refractivity contribution in [3.05, 3.63) is 24.0 Å². The summed E-state index contributed by atoms with van der Waals surface area (Å²) < 4.78 is 0. The lowest BCUT2D eigenvalue weighted by molar-refractivity contribution is 1.19. The summed E-state index contributed by atoms with van der Waals surface area (Å²) in [5.74, 6) is 0. The first-order valence-electron chi connectivity index (χ1n) is 3.96. The number of nitrogens with two attached hydrogens (primary N) is 2. The third kappa shape index (κ3) is 1.16. The molecule has 4 heteroatoms. The fourth-order valence-electron chi connectivity index (χ4n) is 1.20. The van der Waals surface area contributed by atoms with Crippen LogP contribution in [-0.4, -0.2) is 9.97 Å². The normalized spacial score (nSPS) is 10.5. The lowest BCUT2D eigenvalue weighted by Crippen LogP contribution is -1.98. The molecule has 0 aliphatic heterocycles. The maximum absolute atomic E-state index is 5.76. The zero-order chi connectivity index (χ0) is 9.42. The van der Waals surface area contributed by atoms with Gasteiger partial charge in [-0.25, -0.2) is 4.98 Å². The Morgan fingerprint density at radius 1 is 1.23 bits per heavy atom. The van der Waals surface area contributed by atoms with Crippen molar-refractivity contribution in [3.63, 3.8) is 0 Å². The second-order valence-electron chi connectivity index (χ2n) is 2.95. The van der Waals surface area contributed by atoms with Gasteiger partial charge in [0.25, 0.3) is 0 Å². The Morgan fingerprint density at radius 3 is 2.77 bits per heavy atom. The van der Waals surface area contributed by atoms with Crippen molar-refractivity contribution in [3.8, 4) is 0 Å². The molecule has 0 spiro atoms. The molecule has 2 rings (SSSR count). The van der Waals surface area contributed by atoms with E-state index in [0.717, 1.165) is 11.2 Å². The topological polar surface area (TPSA) is 77.8 Å². The van der Waals surface area contributed by atoms with Crippen LogP contribution in [0.1, 0.15) is 5.69 Å². The molecular weight excluding hydrogens is 164 g/mol. The van der Waals surface area contributed by atoms with Crippen LogP contribution in [0, 0.1) is 6.92 Å². The minimum Gasteiger partial charge on any atom is -0.397 e. The number of hydrogen-bond acceptors (Lipinski definition) is 4. The first-order chi connectivity index (χ1) is 6.18. The van der Waals surface area contributed by atoms with Crippen LogP contribution >= 0.6 is 0 Å². The van der Waals surface area contributed by atoms with Crippen molar-refractivity contribution >= 4 is 22.4 Å². The Bertz CT molecular complexity index is 459. The van der Waals surface area contributed by atoms with Crippen LogP contribution in [0.4, 0.5) is 11.4 Å². The molecule has 0 amide bonds. The van der Waals surface area contributed by atoms with Gasteiger partial charge >= 0.3 is 0 Å². The first-order valence-corrected chi connectivity index (χ1v) is 3.96. The van der Waals surface area contributed by atoms with Gasteiger partial charge in [-0.2, -0.15) is 0 Å². The van der Waals surface area contributed by atoms with E-state index in [1.807, 2.05) is 13.0 Å². The molecule has 0 bridgehead atoms. The van der Waals surface area contributed by atoms with E-state index in [1.165, 1.54) is 0 Å². The van der Waals surface area contributed by atoms with Gasteiger partial charge in [-0.15, -0.1) is 0 Å². The summed E-state index contributed by atoms with van der Waals surface area (Å²) in [5, 5.41) is 0. The van der Waals surface area contributed by atoms with Crippen molar-refractivity contribution < 1.29 is 0 Å². The van der Waals surface area contributed by atoms with Crippen LogP contribution in [0.3, 0.4) is 0 Å². The molecule has 13 heavy (non-hydrogen) atoms. The Balaban J connectivity index is 2.89. The van der Waals surface area contributed by atoms with E-state index in [0.29, 0.717) is 16.9 Å². The predicted octanol–water partition coefficient (Wildman–Crippen LogP) is 1.10. The number of nitrogen functional groups attached to an aromatic ring is 2. The van der Waals surface area contributed by atoms with Crippen LogP contribution in [0.5, 0.6) is 0 Å². The Morgan fingerprint density at radius 2 is 2.00 bits per heavy atom. The van der Waals surface area contributed by atoms with Crippen molar-refractivity contribution in [2.45, 2.75) is 6.92 Å². The summed E-state index contributed by atoms with van der Waals surface area (Å²) in [6, 6.07) is 3.55. The highest BCUT2D eigenvalue weighted by molar-refractivity contribution is 5.93. The molecule has 0 aliphatic rings. The number of hydrogen-bond donors (Lipinski definition) is 2. The number of fused-ring (bicyclic) bond motifs is 1. The number of rotatable bonds is 0. The number of nitrogens with zero attached hydrogens (tertiary/aromatic N) is 2. The molecule has 0 saturated carbocycles. The molecular formula is C9H10N4. The van der Waals surface area contributed by atoms with Crippen LogP contribution in [0.2, 0.25) is 0 Å². The second kappa shape index (κ2) is 2.58. The van der Waals surface area contributed by atoms with Crippen LogP contribution in [-0.2, 0) is 0 Å². The van der Waals surface area contributed by atoms with Gasteiger partial charge in [0.15, 0.2) is 0 Å². The lowest BCUT2D eigenvalue weighted by Gasteiger charge is -2.03. The van der Waals surface area contributed by atoms with E-state index >= 15 is 0 Å². The fraction of sp³-hybridized carbons (Fsp3) is 0.111. The summed E-state index contributed by atoms with van der Waals surface area (Å²) in [6.45, 7) is 1.87. The number of benzene rings is 1. The number of aryl methyl sites for hydroxylation is 1. The predicted molar refractivity (Wildman–Crippen MR) is 53.1 cm³/mol. The van der Waals surface area contributed by atoms with Crippen LogP contribution in [0.25, 0.3) is 11.0 Å².